The van der Waals surface area contributed by atoms with Crippen LogP contribution >= 0.6 is 0 Å². The predicted octanol–water partition coefficient (Wildman–Crippen LogP) is 5.36. The van der Waals surface area contributed by atoms with Gasteiger partial charge in [-0.1, -0.05) is 6.92 Å². The molecule has 1 aliphatic heterocycles. The lowest BCUT2D eigenvalue weighted by Crippen LogP contribution is -2.51. The van der Waals surface area contributed by atoms with Crippen LogP contribution in [0.5, 0.6) is 0 Å². The fourth-order valence-electron chi connectivity index (χ4n) is 4.32. The van der Waals surface area contributed by atoms with Crippen LogP contribution in [0.1, 0.15) is 41.3 Å². The monoisotopic (exact) mass is 487 g/mol. The largest absolute Gasteiger partial charge is 0.417 e. The zero-order valence-electron chi connectivity index (χ0n) is 19.3. The third-order valence-corrected chi connectivity index (χ3v) is 6.30. The lowest BCUT2D eigenvalue weighted by atomic mass is 9.89. The first kappa shape index (κ1) is 24.6. The minimum atomic E-state index is -4.46. The summed E-state index contributed by atoms with van der Waals surface area (Å²) in [7, 11) is 0. The van der Waals surface area contributed by atoms with Crippen molar-refractivity contribution in [3.8, 4) is 11.4 Å². The van der Waals surface area contributed by atoms with Crippen molar-refractivity contribution in [1.29, 1.82) is 0 Å². The van der Waals surface area contributed by atoms with E-state index in [2.05, 4.69) is 20.3 Å². The Morgan fingerprint density at radius 2 is 1.91 bits per heavy atom. The van der Waals surface area contributed by atoms with Crippen molar-refractivity contribution in [3.63, 3.8) is 0 Å². The molecule has 10 heteroatoms. The van der Waals surface area contributed by atoms with Crippen molar-refractivity contribution in [2.24, 2.45) is 5.92 Å². The Morgan fingerprint density at radius 3 is 2.57 bits per heavy atom. The molecule has 184 valence electrons. The molecule has 3 heterocycles. The van der Waals surface area contributed by atoms with Crippen molar-refractivity contribution in [2.45, 2.75) is 38.9 Å². The summed E-state index contributed by atoms with van der Waals surface area (Å²) in [6, 6.07) is 6.42. The van der Waals surface area contributed by atoms with Gasteiger partial charge >= 0.3 is 6.18 Å². The van der Waals surface area contributed by atoms with Gasteiger partial charge in [0.05, 0.1) is 17.2 Å². The SMILES string of the molecule is Cc1cc(-c2ncccn2)c(C(=O)N2CCCC(C)C2CNc2ccc(C(F)(F)F)cn2)cc1F. The number of pyridine rings is 1. The highest BCUT2D eigenvalue weighted by Gasteiger charge is 2.34. The Balaban J connectivity index is 1.60. The van der Waals surface area contributed by atoms with Crippen molar-refractivity contribution < 1.29 is 22.4 Å². The van der Waals surface area contributed by atoms with Gasteiger partial charge in [0, 0.05) is 37.2 Å². The third kappa shape index (κ3) is 5.41. The Kier molecular flexibility index (Phi) is 7.00. The summed E-state index contributed by atoms with van der Waals surface area (Å²) in [5.41, 5.74) is 0.167. The smallest absolute Gasteiger partial charge is 0.368 e. The van der Waals surface area contributed by atoms with E-state index in [1.54, 1.807) is 36.4 Å². The Morgan fingerprint density at radius 1 is 1.17 bits per heavy atom. The summed E-state index contributed by atoms with van der Waals surface area (Å²) in [5, 5.41) is 3.06. The average molecular weight is 488 g/mol. The van der Waals surface area contributed by atoms with Crippen LogP contribution in [-0.2, 0) is 6.18 Å². The Hall–Kier alpha value is -3.56. The number of anilines is 1. The van der Waals surface area contributed by atoms with Gasteiger partial charge in [-0.2, -0.15) is 13.2 Å². The standard InChI is InChI=1S/C25H25F4N5O/c1-15-5-3-10-34(21(15)14-33-22-7-6-17(13-32-22)25(27,28)29)24(35)19-12-20(26)16(2)11-18(19)23-30-8-4-9-31-23/h4,6-9,11-13,15,21H,3,5,10,14H2,1-2H3,(H,32,33). The number of alkyl halides is 3. The van der Waals surface area contributed by atoms with Crippen molar-refractivity contribution in [3.05, 3.63) is 71.4 Å². The molecule has 1 aromatic carbocycles. The molecule has 6 nitrogen and oxygen atoms in total. The number of aryl methyl sites for hydroxylation is 1. The van der Waals surface area contributed by atoms with Gasteiger partial charge in [-0.3, -0.25) is 4.79 Å². The second-order valence-electron chi connectivity index (χ2n) is 8.72. The minimum absolute atomic E-state index is 0.112. The van der Waals surface area contributed by atoms with Crippen LogP contribution in [0.25, 0.3) is 11.4 Å². The molecule has 0 spiro atoms. The van der Waals surface area contributed by atoms with Crippen LogP contribution in [0, 0.1) is 18.7 Å². The molecule has 2 aromatic heterocycles. The molecule has 3 aromatic rings. The number of hydrogen-bond acceptors (Lipinski definition) is 5. The van der Waals surface area contributed by atoms with E-state index >= 15 is 0 Å². The first-order chi connectivity index (χ1) is 16.6. The first-order valence-corrected chi connectivity index (χ1v) is 11.3. The molecular weight excluding hydrogens is 462 g/mol. The summed E-state index contributed by atoms with van der Waals surface area (Å²) in [6.07, 6.45) is 1.10. The van der Waals surface area contributed by atoms with E-state index in [1.165, 1.54) is 12.1 Å². The molecule has 4 rings (SSSR count). The van der Waals surface area contributed by atoms with E-state index in [0.29, 0.717) is 23.5 Å². The summed E-state index contributed by atoms with van der Waals surface area (Å²) in [6.45, 7) is 4.39. The molecule has 1 N–H and O–H groups in total. The molecule has 2 unspecified atom stereocenters. The molecule has 2 atom stereocenters. The summed E-state index contributed by atoms with van der Waals surface area (Å²) in [4.78, 5) is 27.7. The maximum absolute atomic E-state index is 14.5. The summed E-state index contributed by atoms with van der Waals surface area (Å²) >= 11 is 0. The number of piperidine rings is 1. The average Bonchev–Trinajstić information content (AvgIpc) is 2.84. The number of aromatic nitrogens is 3. The molecule has 0 bridgehead atoms. The van der Waals surface area contributed by atoms with Crippen molar-refractivity contribution in [1.82, 2.24) is 19.9 Å². The lowest BCUT2D eigenvalue weighted by molar-refractivity contribution is -0.137. The van der Waals surface area contributed by atoms with Gasteiger partial charge in [0.2, 0.25) is 0 Å². The van der Waals surface area contributed by atoms with E-state index in [9.17, 15) is 22.4 Å². The number of amides is 1. The first-order valence-electron chi connectivity index (χ1n) is 11.3. The van der Waals surface area contributed by atoms with Gasteiger partial charge in [0.25, 0.3) is 5.91 Å². The number of carbonyl (C=O) groups excluding carboxylic acids is 1. The highest BCUT2D eigenvalue weighted by atomic mass is 19.4. The minimum Gasteiger partial charge on any atom is -0.368 e. The molecule has 0 aliphatic carbocycles. The van der Waals surface area contributed by atoms with Gasteiger partial charge in [-0.05, 0) is 61.6 Å². The number of carbonyl (C=O) groups is 1. The number of benzene rings is 1. The van der Waals surface area contributed by atoms with Crippen molar-refractivity contribution >= 4 is 11.7 Å². The van der Waals surface area contributed by atoms with Gasteiger partial charge in [0.15, 0.2) is 5.82 Å². The van der Waals surface area contributed by atoms with Gasteiger partial charge in [-0.15, -0.1) is 0 Å². The molecule has 35 heavy (non-hydrogen) atoms. The second kappa shape index (κ2) is 9.97. The summed E-state index contributed by atoms with van der Waals surface area (Å²) < 4.78 is 53.0. The van der Waals surface area contributed by atoms with Crippen LogP contribution in [0.2, 0.25) is 0 Å². The predicted molar refractivity (Wildman–Crippen MR) is 123 cm³/mol. The highest BCUT2D eigenvalue weighted by Crippen LogP contribution is 2.31. The fourth-order valence-corrected chi connectivity index (χ4v) is 4.32. The Labute approximate surface area is 200 Å². The van der Waals surface area contributed by atoms with Crippen molar-refractivity contribution in [2.75, 3.05) is 18.4 Å². The molecule has 0 radical (unpaired) electrons. The quantitative estimate of drug-likeness (QED) is 0.491. The maximum atomic E-state index is 14.5. The van der Waals surface area contributed by atoms with Crippen LogP contribution in [0.4, 0.5) is 23.4 Å². The lowest BCUT2D eigenvalue weighted by Gasteiger charge is -2.40. The van der Waals surface area contributed by atoms with Gasteiger partial charge < -0.3 is 10.2 Å². The maximum Gasteiger partial charge on any atom is 0.417 e. The Bertz CT molecular complexity index is 1180. The third-order valence-electron chi connectivity index (χ3n) is 6.30. The van der Waals surface area contributed by atoms with E-state index in [1.807, 2.05) is 6.92 Å². The van der Waals surface area contributed by atoms with Gasteiger partial charge in [-0.25, -0.2) is 19.3 Å². The number of nitrogens with zero attached hydrogens (tertiary/aromatic N) is 4. The molecule has 1 amide bonds. The number of hydrogen-bond donors (Lipinski definition) is 1. The van der Waals surface area contributed by atoms with E-state index < -0.39 is 17.6 Å². The number of rotatable bonds is 5. The van der Waals surface area contributed by atoms with E-state index in [4.69, 9.17) is 0 Å². The fraction of sp³-hybridized carbons (Fsp3) is 0.360. The molecule has 1 aliphatic rings. The zero-order chi connectivity index (χ0) is 25.2. The molecule has 1 fully saturated rings. The van der Waals surface area contributed by atoms with Crippen LogP contribution < -0.4 is 5.32 Å². The highest BCUT2D eigenvalue weighted by molar-refractivity contribution is 6.00. The van der Waals surface area contributed by atoms with Gasteiger partial charge in [0.1, 0.15) is 11.6 Å². The molecular formula is C25H25F4N5O. The van der Waals surface area contributed by atoms with Crippen LogP contribution in [0.3, 0.4) is 0 Å². The topological polar surface area (TPSA) is 71.0 Å². The number of nitrogens with one attached hydrogen (secondary N) is 1. The number of halogens is 4. The molecule has 1 saturated heterocycles. The van der Waals surface area contributed by atoms with E-state index in [0.717, 1.165) is 25.1 Å². The zero-order valence-corrected chi connectivity index (χ0v) is 19.3. The van der Waals surface area contributed by atoms with E-state index in [-0.39, 0.29) is 35.8 Å². The molecule has 0 saturated carbocycles. The second-order valence-corrected chi connectivity index (χ2v) is 8.72. The summed E-state index contributed by atoms with van der Waals surface area (Å²) in [5.74, 6) is -0.122. The van der Waals surface area contributed by atoms with Crippen LogP contribution in [-0.4, -0.2) is 44.9 Å². The normalized spacial score (nSPS) is 18.4. The number of likely N-dealkylation sites (tertiary alicyclic amines) is 1. The van der Waals surface area contributed by atoms with Crippen LogP contribution in [0.15, 0.2) is 48.9 Å².